The summed E-state index contributed by atoms with van der Waals surface area (Å²) in [5.74, 6) is 0. The zero-order valence-electron chi connectivity index (χ0n) is 57.6. The van der Waals surface area contributed by atoms with Crippen molar-refractivity contribution in [3.8, 4) is 101 Å². The molecule has 6 nitrogen and oxygen atoms in total. The smallest absolute Gasteiger partial charge is 0.501 e. The maximum absolute atomic E-state index is 6.24. The van der Waals surface area contributed by atoms with Crippen LogP contribution in [0.1, 0.15) is 74.9 Å². The summed E-state index contributed by atoms with van der Waals surface area (Å²) in [5, 5.41) is 6.62. The maximum atomic E-state index is 6.24. The van der Waals surface area contributed by atoms with Gasteiger partial charge in [-0.05, 0) is 172 Å². The molecule has 7 heteroatoms. The Hall–Kier alpha value is -11.9. The van der Waals surface area contributed by atoms with Gasteiger partial charge < -0.3 is 28.2 Å². The first-order valence-corrected chi connectivity index (χ1v) is 34.9. The summed E-state index contributed by atoms with van der Waals surface area (Å²) in [5.41, 5.74) is 33.7. The minimum Gasteiger partial charge on any atom is -0.501 e. The van der Waals surface area contributed by atoms with Crippen molar-refractivity contribution in [3.63, 3.8) is 0 Å². The van der Waals surface area contributed by atoms with Crippen LogP contribution in [0.15, 0.2) is 305 Å². The summed E-state index contributed by atoms with van der Waals surface area (Å²) < 4.78 is 18.7. The Morgan fingerprint density at radius 1 is 0.252 bits per heavy atom. The summed E-state index contributed by atoms with van der Waals surface area (Å²) in [7, 11) is 0. The number of rotatable bonds is 6. The van der Waals surface area contributed by atoms with E-state index in [0.717, 1.165) is 116 Å². The third kappa shape index (κ3) is 10.3. The van der Waals surface area contributed by atoms with Gasteiger partial charge in [0.15, 0.2) is 0 Å². The van der Waals surface area contributed by atoms with Crippen LogP contribution in [0.4, 0.5) is 0 Å². The zero-order chi connectivity index (χ0) is 68.6. The number of hydrogen-bond acceptors (Lipinski definition) is 6. The van der Waals surface area contributed by atoms with Crippen LogP contribution in [0, 0.1) is 18.2 Å². The number of furan rings is 3. The van der Waals surface area contributed by atoms with E-state index in [1.165, 1.54) is 83.5 Å². The first-order chi connectivity index (χ1) is 49.8. The van der Waals surface area contributed by atoms with Gasteiger partial charge in [-0.3, -0.25) is 0 Å². The second kappa shape index (κ2) is 24.5. The first kappa shape index (κ1) is 63.3. The Kier molecular flexibility index (Phi) is 15.0. The molecule has 3 aliphatic rings. The Bertz CT molecular complexity index is 5840. The molecule has 0 bridgehead atoms. The topological polar surface area (TPSA) is 78.1 Å². The summed E-state index contributed by atoms with van der Waals surface area (Å²) in [4.78, 5) is 14.1. The van der Waals surface area contributed by atoms with Crippen molar-refractivity contribution in [3.05, 3.63) is 343 Å². The van der Waals surface area contributed by atoms with E-state index in [1.54, 1.807) is 0 Å². The first-order valence-electron chi connectivity index (χ1n) is 34.9. The van der Waals surface area contributed by atoms with Gasteiger partial charge in [0.2, 0.25) is 0 Å². The van der Waals surface area contributed by atoms with Gasteiger partial charge in [-0.15, -0.1) is 54.6 Å². The third-order valence-corrected chi connectivity index (χ3v) is 21.8. The van der Waals surface area contributed by atoms with Crippen LogP contribution in [0.25, 0.3) is 166 Å². The summed E-state index contributed by atoms with van der Waals surface area (Å²) in [6.45, 7) is 13.9. The molecule has 0 radical (unpaired) electrons. The van der Waals surface area contributed by atoms with Crippen LogP contribution >= 0.6 is 0 Å². The van der Waals surface area contributed by atoms with Crippen LogP contribution in [0.5, 0.6) is 0 Å². The third-order valence-electron chi connectivity index (χ3n) is 21.8. The van der Waals surface area contributed by atoms with E-state index in [2.05, 4.69) is 260 Å². The average molecular weight is 1500 g/mol. The number of hydrogen-bond donors (Lipinski definition) is 0. The van der Waals surface area contributed by atoms with E-state index in [0.29, 0.717) is 0 Å². The Balaban J connectivity index is 0.000000110. The van der Waals surface area contributed by atoms with Crippen LogP contribution in [0.2, 0.25) is 0 Å². The molecule has 492 valence electrons. The van der Waals surface area contributed by atoms with Gasteiger partial charge in [0.05, 0.1) is 16.7 Å². The Morgan fingerprint density at radius 2 is 0.515 bits per heavy atom. The van der Waals surface area contributed by atoms with Crippen molar-refractivity contribution >= 4 is 65.8 Å². The van der Waals surface area contributed by atoms with Crippen molar-refractivity contribution in [2.75, 3.05) is 0 Å². The molecule has 0 atom stereocenters. The largest absolute Gasteiger partial charge is 3.00 e. The number of para-hydroxylation sites is 3. The maximum Gasteiger partial charge on any atom is 3.00 e. The fourth-order valence-corrected chi connectivity index (χ4v) is 16.5. The molecule has 0 unspecified atom stereocenters. The van der Waals surface area contributed by atoms with Crippen molar-refractivity contribution in [1.29, 1.82) is 0 Å². The molecule has 0 amide bonds. The van der Waals surface area contributed by atoms with Gasteiger partial charge >= 0.3 is 20.1 Å². The molecule has 6 heterocycles. The molecular weight excluding hydrogens is 1440 g/mol. The molecule has 0 saturated carbocycles. The molecule has 0 aliphatic heterocycles. The van der Waals surface area contributed by atoms with Crippen LogP contribution in [0.3, 0.4) is 0 Å². The summed E-state index contributed by atoms with van der Waals surface area (Å²) >= 11 is 0. The zero-order valence-corrected chi connectivity index (χ0v) is 60.0. The predicted molar refractivity (Wildman–Crippen MR) is 416 cm³/mol. The van der Waals surface area contributed by atoms with E-state index in [9.17, 15) is 0 Å². The van der Waals surface area contributed by atoms with Gasteiger partial charge in [-0.2, -0.15) is 0 Å². The van der Waals surface area contributed by atoms with Gasteiger partial charge in [-0.1, -0.05) is 256 Å². The fraction of sp³-hybridized carbons (Fsp3) is 0.0938. The summed E-state index contributed by atoms with van der Waals surface area (Å²) in [6.07, 6.45) is 5.65. The molecular formula is C96H66IrN3O3. The van der Waals surface area contributed by atoms with Gasteiger partial charge in [-0.25, -0.2) is 0 Å². The quantitative estimate of drug-likeness (QED) is 0.154. The van der Waals surface area contributed by atoms with Crippen LogP contribution in [-0.4, -0.2) is 15.0 Å². The number of fused-ring (bicyclic) bond motifs is 18. The van der Waals surface area contributed by atoms with Crippen molar-refractivity contribution in [2.45, 2.75) is 57.8 Å². The van der Waals surface area contributed by atoms with Crippen LogP contribution in [-0.2, 0) is 36.4 Å². The second-order valence-corrected chi connectivity index (χ2v) is 28.7. The summed E-state index contributed by atoms with van der Waals surface area (Å²) in [6, 6.07) is 106. The molecule has 12 aromatic carbocycles. The normalized spacial score (nSPS) is 13.7. The fourth-order valence-electron chi connectivity index (χ4n) is 16.5. The predicted octanol–water partition coefficient (Wildman–Crippen LogP) is 25.3. The van der Waals surface area contributed by atoms with E-state index in [4.69, 9.17) is 28.2 Å². The second-order valence-electron chi connectivity index (χ2n) is 28.7. The number of aromatic nitrogens is 3. The van der Waals surface area contributed by atoms with E-state index < -0.39 is 0 Å². The molecule has 0 N–H and O–H groups in total. The van der Waals surface area contributed by atoms with E-state index >= 15 is 0 Å². The van der Waals surface area contributed by atoms with E-state index in [1.807, 2.05) is 91.4 Å². The molecule has 18 aromatic rings. The molecule has 0 fully saturated rings. The van der Waals surface area contributed by atoms with Crippen molar-refractivity contribution < 1.29 is 33.4 Å². The molecule has 103 heavy (non-hydrogen) atoms. The molecule has 0 spiro atoms. The monoisotopic (exact) mass is 1500 g/mol. The van der Waals surface area contributed by atoms with E-state index in [-0.39, 0.29) is 36.4 Å². The van der Waals surface area contributed by atoms with Gasteiger partial charge in [0.25, 0.3) is 0 Å². The molecule has 3 aliphatic carbocycles. The van der Waals surface area contributed by atoms with Crippen molar-refractivity contribution in [1.82, 2.24) is 15.0 Å². The average Bonchev–Trinajstić information content (AvgIpc) is 1.60. The SMILES string of the molecule is CC1(C)c2ccccc2-c2ccc(-c3ccnc(-c4[c-]ccc5c4oc4ccccc45)c3)cc21.CC1(C)c2ccccc2-c2ccc(-c3ccnc(-c4[c-]ccc5c4oc4ccccc45)c3)cc21.CC1(C)c2ccccc2-c2ccc(-c3ccnc(-c4[c-]ccc5c4oc4ccccc45)c3)cc21.[Ir+3]. The van der Waals surface area contributed by atoms with Crippen LogP contribution < -0.4 is 0 Å². The number of pyridine rings is 3. The standard InChI is InChI=1S/3C32H22NO.Ir/c3*1-32(2)27-12-5-3-8-22(27)23-15-14-20(18-28(23)32)21-16-17-33-29(19-21)26-11-7-10-25-24-9-4-6-13-30(24)34-31(25)26;/h3*3-10,12-19H,1-2H3;/q3*-1;+3. The number of nitrogens with zero attached hydrogens (tertiary/aromatic N) is 3. The molecule has 0 saturated heterocycles. The molecule has 6 aromatic heterocycles. The minimum atomic E-state index is -0.0224. The number of benzene rings is 12. The van der Waals surface area contributed by atoms with Crippen molar-refractivity contribution in [2.24, 2.45) is 0 Å². The van der Waals surface area contributed by atoms with Gasteiger partial charge in [0, 0.05) is 51.0 Å². The Morgan fingerprint density at radius 3 is 0.825 bits per heavy atom. The Labute approximate surface area is 611 Å². The molecule has 21 rings (SSSR count). The minimum absolute atomic E-state index is 0. The van der Waals surface area contributed by atoms with Gasteiger partial charge in [0.1, 0.15) is 16.7 Å².